The number of aliphatic hydroxyl groups is 1. The smallest absolute Gasteiger partial charge is 0.326 e. The standard InChI is InChI=1S/C19H35N7O6S/c1-33-9-6-13(18(31)32)25-16(29)12(5-3-8-23-19(20)21)24-17(30)14(10-27)26-15(28)11-4-2-7-22-11/h11-14,22,27H,2-10H2,1H3,(H,24,30)(H,25,29)(H,26,28)(H,31,32)(H4,20,21,23). The molecule has 0 bridgehead atoms. The average molecular weight is 490 g/mol. The van der Waals surface area contributed by atoms with E-state index in [-0.39, 0.29) is 25.3 Å². The lowest BCUT2D eigenvalue weighted by molar-refractivity contribution is -0.142. The number of amides is 3. The van der Waals surface area contributed by atoms with E-state index in [1.165, 1.54) is 11.8 Å². The summed E-state index contributed by atoms with van der Waals surface area (Å²) >= 11 is 1.44. The summed E-state index contributed by atoms with van der Waals surface area (Å²) in [7, 11) is 0. The Bertz CT molecular complexity index is 698. The molecule has 0 aromatic rings. The molecule has 4 atom stereocenters. The molecule has 33 heavy (non-hydrogen) atoms. The van der Waals surface area contributed by atoms with E-state index in [4.69, 9.17) is 11.5 Å². The van der Waals surface area contributed by atoms with Crippen molar-refractivity contribution in [3.05, 3.63) is 0 Å². The molecule has 14 heteroatoms. The average Bonchev–Trinajstić information content (AvgIpc) is 3.31. The topological polar surface area (TPSA) is 221 Å². The quantitative estimate of drug-likeness (QED) is 0.0664. The number of nitrogens with one attached hydrogen (secondary N) is 4. The van der Waals surface area contributed by atoms with Crippen molar-refractivity contribution in [3.8, 4) is 0 Å². The summed E-state index contributed by atoms with van der Waals surface area (Å²) in [6.45, 7) is 0.218. The number of hydrogen-bond donors (Lipinski definition) is 8. The van der Waals surface area contributed by atoms with Crippen molar-refractivity contribution in [2.75, 3.05) is 31.7 Å². The fraction of sp³-hybridized carbons (Fsp3) is 0.737. The lowest BCUT2D eigenvalue weighted by Gasteiger charge is -2.24. The van der Waals surface area contributed by atoms with Crippen LogP contribution in [0.25, 0.3) is 0 Å². The van der Waals surface area contributed by atoms with Gasteiger partial charge < -0.3 is 42.9 Å². The first-order valence-electron chi connectivity index (χ1n) is 10.7. The number of carboxylic acids is 1. The van der Waals surface area contributed by atoms with Crippen LogP contribution in [0.2, 0.25) is 0 Å². The van der Waals surface area contributed by atoms with Gasteiger partial charge in [-0.25, -0.2) is 4.79 Å². The molecule has 4 unspecified atom stereocenters. The minimum Gasteiger partial charge on any atom is -0.480 e. The summed E-state index contributed by atoms with van der Waals surface area (Å²) in [6, 6.07) is -3.94. The van der Waals surface area contributed by atoms with Crippen molar-refractivity contribution < 1.29 is 29.4 Å². The largest absolute Gasteiger partial charge is 0.480 e. The molecule has 0 aliphatic carbocycles. The third kappa shape index (κ3) is 10.7. The Balaban J connectivity index is 2.83. The summed E-state index contributed by atoms with van der Waals surface area (Å²) in [5.41, 5.74) is 10.6. The van der Waals surface area contributed by atoms with Gasteiger partial charge in [0, 0.05) is 6.54 Å². The van der Waals surface area contributed by atoms with Gasteiger partial charge in [-0.2, -0.15) is 11.8 Å². The molecule has 13 nitrogen and oxygen atoms in total. The fourth-order valence-corrected chi connectivity index (χ4v) is 3.66. The molecule has 0 saturated carbocycles. The van der Waals surface area contributed by atoms with E-state index in [1.807, 2.05) is 6.26 Å². The van der Waals surface area contributed by atoms with Gasteiger partial charge in [0.25, 0.3) is 0 Å². The highest BCUT2D eigenvalue weighted by Crippen LogP contribution is 2.07. The van der Waals surface area contributed by atoms with Crippen molar-refractivity contribution in [2.45, 2.75) is 56.3 Å². The first-order valence-corrected chi connectivity index (χ1v) is 12.1. The maximum atomic E-state index is 12.8. The van der Waals surface area contributed by atoms with Gasteiger partial charge in [0.2, 0.25) is 17.7 Å². The number of guanidine groups is 1. The molecule has 1 heterocycles. The van der Waals surface area contributed by atoms with E-state index >= 15 is 0 Å². The van der Waals surface area contributed by atoms with Crippen LogP contribution in [0.15, 0.2) is 4.99 Å². The second-order valence-corrected chi connectivity index (χ2v) is 8.57. The number of aliphatic carboxylic acids is 1. The predicted molar refractivity (Wildman–Crippen MR) is 124 cm³/mol. The number of carbonyl (C=O) groups is 4. The van der Waals surface area contributed by atoms with Crippen LogP contribution in [0, 0.1) is 0 Å². The van der Waals surface area contributed by atoms with E-state index < -0.39 is 54.5 Å². The van der Waals surface area contributed by atoms with Crippen LogP contribution in [0.1, 0.15) is 32.1 Å². The van der Waals surface area contributed by atoms with Crippen molar-refractivity contribution in [2.24, 2.45) is 16.5 Å². The second kappa shape index (κ2) is 15.3. The van der Waals surface area contributed by atoms with E-state index in [2.05, 4.69) is 26.3 Å². The highest BCUT2D eigenvalue weighted by Gasteiger charge is 2.31. The first kappa shape index (κ1) is 28.5. The summed E-state index contributed by atoms with van der Waals surface area (Å²) in [6.07, 6.45) is 3.90. The number of nitrogens with two attached hydrogens (primary N) is 2. The number of aliphatic hydroxyl groups excluding tert-OH is 1. The molecule has 1 aliphatic rings. The molecular weight excluding hydrogens is 454 g/mol. The van der Waals surface area contributed by atoms with Gasteiger partial charge in [0.1, 0.15) is 18.1 Å². The van der Waals surface area contributed by atoms with Crippen LogP contribution in [0.5, 0.6) is 0 Å². The van der Waals surface area contributed by atoms with Crippen LogP contribution >= 0.6 is 11.8 Å². The molecular formula is C19H35N7O6S. The molecule has 0 aromatic carbocycles. The zero-order valence-corrected chi connectivity index (χ0v) is 19.5. The normalized spacial score (nSPS) is 17.9. The van der Waals surface area contributed by atoms with Gasteiger partial charge in [0.15, 0.2) is 5.96 Å². The maximum Gasteiger partial charge on any atom is 0.326 e. The van der Waals surface area contributed by atoms with Gasteiger partial charge in [-0.15, -0.1) is 0 Å². The van der Waals surface area contributed by atoms with Gasteiger partial charge in [-0.05, 0) is 50.7 Å². The Hall–Kier alpha value is -2.58. The number of carbonyl (C=O) groups excluding carboxylic acids is 3. The van der Waals surface area contributed by atoms with Crippen LogP contribution in [-0.4, -0.2) is 95.7 Å². The van der Waals surface area contributed by atoms with Crippen molar-refractivity contribution in [3.63, 3.8) is 0 Å². The second-order valence-electron chi connectivity index (χ2n) is 7.58. The zero-order chi connectivity index (χ0) is 24.8. The van der Waals surface area contributed by atoms with Crippen molar-refractivity contribution in [1.82, 2.24) is 21.3 Å². The number of rotatable bonds is 15. The summed E-state index contributed by atoms with van der Waals surface area (Å²) in [5, 5.41) is 29.4. The highest BCUT2D eigenvalue weighted by molar-refractivity contribution is 7.98. The first-order chi connectivity index (χ1) is 15.7. The summed E-state index contributed by atoms with van der Waals surface area (Å²) in [4.78, 5) is 53.1. The molecule has 188 valence electrons. The van der Waals surface area contributed by atoms with Gasteiger partial charge in [-0.1, -0.05) is 0 Å². The predicted octanol–water partition coefficient (Wildman–Crippen LogP) is -2.92. The molecule has 10 N–H and O–H groups in total. The van der Waals surface area contributed by atoms with Gasteiger partial charge in [0.05, 0.1) is 12.6 Å². The van der Waals surface area contributed by atoms with E-state index in [1.54, 1.807) is 0 Å². The number of carboxylic acid groups (broad SMARTS) is 1. The van der Waals surface area contributed by atoms with Crippen LogP contribution in [0.4, 0.5) is 0 Å². The van der Waals surface area contributed by atoms with E-state index in [9.17, 15) is 29.4 Å². The fourth-order valence-electron chi connectivity index (χ4n) is 3.18. The molecule has 1 aliphatic heterocycles. The molecule has 0 spiro atoms. The van der Waals surface area contributed by atoms with Crippen LogP contribution in [-0.2, 0) is 19.2 Å². The minimum absolute atomic E-state index is 0.111. The number of aliphatic imine (C=N–C) groups is 1. The minimum atomic E-state index is -1.26. The molecule has 0 aromatic heterocycles. The Labute approximate surface area is 196 Å². The van der Waals surface area contributed by atoms with Crippen molar-refractivity contribution in [1.29, 1.82) is 0 Å². The van der Waals surface area contributed by atoms with E-state index in [0.717, 1.165) is 6.42 Å². The lowest BCUT2D eigenvalue weighted by Crippen LogP contribution is -2.58. The maximum absolute atomic E-state index is 12.8. The van der Waals surface area contributed by atoms with Crippen LogP contribution in [0.3, 0.4) is 0 Å². The Morgan fingerprint density at radius 3 is 2.30 bits per heavy atom. The third-order valence-electron chi connectivity index (χ3n) is 5.00. The van der Waals surface area contributed by atoms with Gasteiger partial charge >= 0.3 is 5.97 Å². The monoisotopic (exact) mass is 489 g/mol. The number of hydrogen-bond acceptors (Lipinski definition) is 8. The van der Waals surface area contributed by atoms with E-state index in [0.29, 0.717) is 25.1 Å². The third-order valence-corrected chi connectivity index (χ3v) is 5.64. The Morgan fingerprint density at radius 2 is 1.76 bits per heavy atom. The Morgan fingerprint density at radius 1 is 1.09 bits per heavy atom. The summed E-state index contributed by atoms with van der Waals surface area (Å²) < 4.78 is 0. The van der Waals surface area contributed by atoms with Crippen molar-refractivity contribution >= 4 is 41.4 Å². The Kier molecular flexibility index (Phi) is 13.2. The van der Waals surface area contributed by atoms with Crippen LogP contribution < -0.4 is 32.7 Å². The van der Waals surface area contributed by atoms with Gasteiger partial charge in [-0.3, -0.25) is 19.4 Å². The lowest BCUT2D eigenvalue weighted by atomic mass is 10.1. The molecule has 0 radical (unpaired) electrons. The molecule has 3 amide bonds. The number of thioether (sulfide) groups is 1. The number of nitrogens with zero attached hydrogens (tertiary/aromatic N) is 1. The summed E-state index contributed by atoms with van der Waals surface area (Å²) in [5.74, 6) is -2.66. The highest BCUT2D eigenvalue weighted by atomic mass is 32.2. The molecule has 1 saturated heterocycles. The SMILES string of the molecule is CSCCC(NC(=O)C(CCCN=C(N)N)NC(=O)C(CO)NC(=O)C1CCCN1)C(=O)O. The zero-order valence-electron chi connectivity index (χ0n) is 18.7. The molecule has 1 fully saturated rings. The molecule has 1 rings (SSSR count).